The van der Waals surface area contributed by atoms with Crippen LogP contribution in [0.2, 0.25) is 5.28 Å². The van der Waals surface area contributed by atoms with Gasteiger partial charge >= 0.3 is 0 Å². The maximum Gasteiger partial charge on any atom is 0.225 e. The van der Waals surface area contributed by atoms with Crippen LogP contribution in [0.25, 0.3) is 0 Å². The normalized spacial score (nSPS) is 12.7. The second-order valence-electron chi connectivity index (χ2n) is 3.84. The number of halogens is 2. The lowest BCUT2D eigenvalue weighted by Crippen LogP contribution is -2.10. The number of hydrogen-bond acceptors (Lipinski definition) is 2. The molecule has 0 fully saturated rings. The van der Waals surface area contributed by atoms with Gasteiger partial charge in [0.25, 0.3) is 0 Å². The van der Waals surface area contributed by atoms with Crippen molar-refractivity contribution in [3.63, 3.8) is 0 Å². The van der Waals surface area contributed by atoms with Crippen molar-refractivity contribution in [3.05, 3.63) is 46.8 Å². The Labute approximate surface area is 104 Å². The lowest BCUT2D eigenvalue weighted by molar-refractivity contribution is 0.598. The first kappa shape index (κ1) is 12.0. The Morgan fingerprint density at radius 2 is 1.94 bits per heavy atom. The topological polar surface area (TPSA) is 30.7 Å². The van der Waals surface area contributed by atoms with E-state index in [1.807, 2.05) is 18.4 Å². The van der Waals surface area contributed by atoms with E-state index in [9.17, 15) is 4.39 Å². The SMILES string of the molecule is CCc1nnc(Cl)n1C(C)c1ccc(F)cc1. The van der Waals surface area contributed by atoms with Crippen LogP contribution in [-0.2, 0) is 6.42 Å². The van der Waals surface area contributed by atoms with Crippen LogP contribution in [-0.4, -0.2) is 14.8 Å². The maximum atomic E-state index is 12.9. The van der Waals surface area contributed by atoms with Crippen LogP contribution in [0.1, 0.15) is 31.3 Å². The fraction of sp³-hybridized carbons (Fsp3) is 0.333. The van der Waals surface area contributed by atoms with Gasteiger partial charge in [0.05, 0.1) is 6.04 Å². The molecule has 1 aromatic heterocycles. The van der Waals surface area contributed by atoms with Crippen LogP contribution in [0.15, 0.2) is 24.3 Å². The van der Waals surface area contributed by atoms with Gasteiger partial charge in [0.1, 0.15) is 11.6 Å². The van der Waals surface area contributed by atoms with Crippen molar-refractivity contribution in [1.29, 1.82) is 0 Å². The summed E-state index contributed by atoms with van der Waals surface area (Å²) in [6.45, 7) is 3.98. The summed E-state index contributed by atoms with van der Waals surface area (Å²) in [6.07, 6.45) is 0.755. The van der Waals surface area contributed by atoms with Crippen LogP contribution in [0, 0.1) is 5.82 Å². The highest BCUT2D eigenvalue weighted by Crippen LogP contribution is 2.23. The van der Waals surface area contributed by atoms with E-state index in [1.165, 1.54) is 12.1 Å². The summed E-state index contributed by atoms with van der Waals surface area (Å²) in [5.74, 6) is 0.582. The minimum atomic E-state index is -0.244. The minimum absolute atomic E-state index is 0.00644. The zero-order valence-corrected chi connectivity index (χ0v) is 10.4. The van der Waals surface area contributed by atoms with Gasteiger partial charge in [-0.25, -0.2) is 4.39 Å². The molecule has 0 aliphatic rings. The number of rotatable bonds is 3. The molecular weight excluding hydrogens is 241 g/mol. The van der Waals surface area contributed by atoms with Crippen molar-refractivity contribution in [3.8, 4) is 0 Å². The average molecular weight is 254 g/mol. The van der Waals surface area contributed by atoms with E-state index < -0.39 is 0 Å². The molecule has 0 spiro atoms. The number of nitrogens with zero attached hydrogens (tertiary/aromatic N) is 3. The summed E-state index contributed by atoms with van der Waals surface area (Å²) >= 11 is 6.02. The maximum absolute atomic E-state index is 12.9. The minimum Gasteiger partial charge on any atom is -0.294 e. The Morgan fingerprint density at radius 1 is 1.29 bits per heavy atom. The van der Waals surface area contributed by atoms with Gasteiger partial charge < -0.3 is 0 Å². The summed E-state index contributed by atoms with van der Waals surface area (Å²) in [5.41, 5.74) is 0.975. The van der Waals surface area contributed by atoms with Crippen molar-refractivity contribution >= 4 is 11.6 Å². The Kier molecular flexibility index (Phi) is 3.43. The molecule has 5 heteroatoms. The molecule has 0 bridgehead atoms. The molecule has 3 nitrogen and oxygen atoms in total. The Morgan fingerprint density at radius 3 is 2.53 bits per heavy atom. The van der Waals surface area contributed by atoms with Gasteiger partial charge in [-0.2, -0.15) is 0 Å². The molecule has 1 atom stereocenters. The zero-order valence-electron chi connectivity index (χ0n) is 9.69. The summed E-state index contributed by atoms with van der Waals surface area (Å²) < 4.78 is 14.7. The van der Waals surface area contributed by atoms with Crippen LogP contribution < -0.4 is 0 Å². The first-order chi connectivity index (χ1) is 8.13. The summed E-state index contributed by atoms with van der Waals surface area (Å²) in [6, 6.07) is 6.37. The second kappa shape index (κ2) is 4.84. The van der Waals surface area contributed by atoms with E-state index in [2.05, 4.69) is 10.2 Å². The first-order valence-corrected chi connectivity index (χ1v) is 5.86. The molecule has 0 saturated heterocycles. The van der Waals surface area contributed by atoms with Gasteiger partial charge in [0.15, 0.2) is 0 Å². The van der Waals surface area contributed by atoms with Gasteiger partial charge in [-0.15, -0.1) is 10.2 Å². The molecule has 0 amide bonds. The zero-order chi connectivity index (χ0) is 12.4. The van der Waals surface area contributed by atoms with E-state index in [-0.39, 0.29) is 11.9 Å². The van der Waals surface area contributed by atoms with E-state index in [1.54, 1.807) is 12.1 Å². The van der Waals surface area contributed by atoms with Crippen LogP contribution in [0.5, 0.6) is 0 Å². The standard InChI is InChI=1S/C12H13ClFN3/c1-3-11-15-16-12(13)17(11)8(2)9-4-6-10(14)7-5-9/h4-8H,3H2,1-2H3. The van der Waals surface area contributed by atoms with E-state index in [0.717, 1.165) is 17.8 Å². The second-order valence-corrected chi connectivity index (χ2v) is 4.17. The predicted octanol–water partition coefficient (Wildman–Crippen LogP) is 3.24. The molecular formula is C12H13ClFN3. The van der Waals surface area contributed by atoms with Gasteiger partial charge in [0, 0.05) is 6.42 Å². The largest absolute Gasteiger partial charge is 0.294 e. The molecule has 0 radical (unpaired) electrons. The predicted molar refractivity (Wildman–Crippen MR) is 64.6 cm³/mol. The third-order valence-electron chi connectivity index (χ3n) is 2.78. The Balaban J connectivity index is 2.39. The van der Waals surface area contributed by atoms with Crippen molar-refractivity contribution in [2.24, 2.45) is 0 Å². The molecule has 1 heterocycles. The van der Waals surface area contributed by atoms with Crippen molar-refractivity contribution in [1.82, 2.24) is 14.8 Å². The van der Waals surface area contributed by atoms with E-state index in [0.29, 0.717) is 5.28 Å². The lowest BCUT2D eigenvalue weighted by Gasteiger charge is -2.16. The molecule has 0 aliphatic carbocycles. The molecule has 1 unspecified atom stereocenters. The highest BCUT2D eigenvalue weighted by molar-refractivity contribution is 6.28. The molecule has 2 rings (SSSR count). The third-order valence-corrected chi connectivity index (χ3v) is 3.04. The van der Waals surface area contributed by atoms with E-state index in [4.69, 9.17) is 11.6 Å². The molecule has 2 aromatic rings. The van der Waals surface area contributed by atoms with Crippen LogP contribution in [0.4, 0.5) is 4.39 Å². The average Bonchev–Trinajstić information content (AvgIpc) is 2.70. The van der Waals surface area contributed by atoms with Crippen molar-refractivity contribution < 1.29 is 4.39 Å². The van der Waals surface area contributed by atoms with Crippen molar-refractivity contribution in [2.75, 3.05) is 0 Å². The molecule has 0 N–H and O–H groups in total. The van der Waals surface area contributed by atoms with E-state index >= 15 is 0 Å². The highest BCUT2D eigenvalue weighted by Gasteiger charge is 2.16. The van der Waals surface area contributed by atoms with Crippen molar-refractivity contribution in [2.45, 2.75) is 26.3 Å². The highest BCUT2D eigenvalue weighted by atomic mass is 35.5. The third kappa shape index (κ3) is 2.31. The van der Waals surface area contributed by atoms with Crippen LogP contribution >= 0.6 is 11.6 Å². The summed E-state index contributed by atoms with van der Waals surface area (Å²) in [5, 5.41) is 8.22. The monoisotopic (exact) mass is 253 g/mol. The number of aryl methyl sites for hydroxylation is 1. The Bertz CT molecular complexity index is 507. The quantitative estimate of drug-likeness (QED) is 0.841. The Hall–Kier alpha value is -1.42. The molecule has 90 valence electrons. The summed E-state index contributed by atoms with van der Waals surface area (Å²) in [7, 11) is 0. The number of aromatic nitrogens is 3. The number of hydrogen-bond donors (Lipinski definition) is 0. The summed E-state index contributed by atoms with van der Waals surface area (Å²) in [4.78, 5) is 0. The molecule has 0 saturated carbocycles. The van der Waals surface area contributed by atoms with Gasteiger partial charge in [-0.05, 0) is 36.2 Å². The lowest BCUT2D eigenvalue weighted by atomic mass is 10.1. The number of benzene rings is 1. The van der Waals surface area contributed by atoms with Gasteiger partial charge in [-0.1, -0.05) is 19.1 Å². The molecule has 1 aromatic carbocycles. The fourth-order valence-corrected chi connectivity index (χ4v) is 2.10. The molecule has 0 aliphatic heterocycles. The smallest absolute Gasteiger partial charge is 0.225 e. The van der Waals surface area contributed by atoms with Gasteiger partial charge in [-0.3, -0.25) is 4.57 Å². The first-order valence-electron chi connectivity index (χ1n) is 5.48. The molecule has 17 heavy (non-hydrogen) atoms. The van der Waals surface area contributed by atoms with Gasteiger partial charge in [0.2, 0.25) is 5.28 Å². The fourth-order valence-electron chi connectivity index (χ4n) is 1.82. The van der Waals surface area contributed by atoms with Crippen LogP contribution in [0.3, 0.4) is 0 Å².